The van der Waals surface area contributed by atoms with Crippen molar-refractivity contribution < 1.29 is 36.7 Å². The van der Waals surface area contributed by atoms with Crippen molar-refractivity contribution in [2.75, 3.05) is 26.2 Å². The summed E-state index contributed by atoms with van der Waals surface area (Å²) in [7, 11) is 0. The molecular formula is C28H31F4N3O4. The maximum absolute atomic E-state index is 14.1. The summed E-state index contributed by atoms with van der Waals surface area (Å²) in [6.07, 6.45) is -3.06. The third-order valence-electron chi connectivity index (χ3n) is 7.42. The fourth-order valence-electron chi connectivity index (χ4n) is 5.30. The molecule has 2 atom stereocenters. The van der Waals surface area contributed by atoms with E-state index in [2.05, 4.69) is 10.2 Å². The van der Waals surface area contributed by atoms with Crippen LogP contribution in [0.1, 0.15) is 55.1 Å². The van der Waals surface area contributed by atoms with Gasteiger partial charge < -0.3 is 14.4 Å². The van der Waals surface area contributed by atoms with Crippen LogP contribution in [-0.4, -0.2) is 76.9 Å². The van der Waals surface area contributed by atoms with Crippen LogP contribution >= 0.6 is 0 Å². The Kier molecular flexibility index (Phi) is 7.09. The van der Waals surface area contributed by atoms with Crippen molar-refractivity contribution in [1.82, 2.24) is 15.1 Å². The molecule has 7 nitrogen and oxygen atoms in total. The van der Waals surface area contributed by atoms with Crippen molar-refractivity contribution in [3.63, 3.8) is 0 Å². The van der Waals surface area contributed by atoms with Gasteiger partial charge in [0.1, 0.15) is 28.9 Å². The number of amides is 1. The minimum Gasteiger partial charge on any atom is -0.480 e. The highest BCUT2D eigenvalue weighted by Gasteiger charge is 2.44. The summed E-state index contributed by atoms with van der Waals surface area (Å²) in [5, 5.41) is 12.6. The van der Waals surface area contributed by atoms with E-state index in [1.165, 1.54) is 31.0 Å². The highest BCUT2D eigenvalue weighted by atomic mass is 19.4. The number of fused-ring (bicyclic) bond motifs is 3. The topological polar surface area (TPSA) is 86.0 Å². The number of carboxylic acid groups (broad SMARTS) is 1. The molecule has 1 aromatic heterocycles. The third-order valence-corrected chi connectivity index (χ3v) is 7.42. The highest BCUT2D eigenvalue weighted by Crippen LogP contribution is 2.38. The second kappa shape index (κ2) is 10.1. The molecule has 2 aromatic carbocycles. The smallest absolute Gasteiger partial charge is 0.407 e. The van der Waals surface area contributed by atoms with Crippen molar-refractivity contribution in [1.29, 1.82) is 0 Å². The molecule has 2 N–H and O–H groups in total. The van der Waals surface area contributed by atoms with E-state index in [1.807, 2.05) is 4.90 Å². The number of halogens is 4. The molecule has 1 saturated carbocycles. The summed E-state index contributed by atoms with van der Waals surface area (Å²) in [5.41, 5.74) is -1.20. The van der Waals surface area contributed by atoms with Crippen LogP contribution in [0.15, 0.2) is 40.8 Å². The van der Waals surface area contributed by atoms with E-state index in [4.69, 9.17) is 4.42 Å². The maximum Gasteiger partial charge on any atom is 0.407 e. The van der Waals surface area contributed by atoms with Gasteiger partial charge in [0, 0.05) is 55.0 Å². The molecule has 1 aliphatic carbocycles. The predicted octanol–water partition coefficient (Wildman–Crippen LogP) is 5.29. The van der Waals surface area contributed by atoms with Crippen LogP contribution in [0.4, 0.5) is 17.6 Å². The largest absolute Gasteiger partial charge is 0.480 e. The number of carbonyl (C=O) groups is 2. The first-order chi connectivity index (χ1) is 18.3. The lowest BCUT2D eigenvalue weighted by Gasteiger charge is -2.34. The summed E-state index contributed by atoms with van der Waals surface area (Å²) in [4.78, 5) is 29.0. The van der Waals surface area contributed by atoms with Crippen LogP contribution in [-0.2, 0) is 4.79 Å². The van der Waals surface area contributed by atoms with Gasteiger partial charge in [-0.05, 0) is 56.5 Å². The lowest BCUT2D eigenvalue weighted by molar-refractivity contribution is -0.164. The molecule has 0 radical (unpaired) electrons. The normalized spacial score (nSPS) is 19.0. The van der Waals surface area contributed by atoms with Crippen LogP contribution in [0.5, 0.6) is 0 Å². The molecule has 0 spiro atoms. The summed E-state index contributed by atoms with van der Waals surface area (Å²) in [6.45, 7) is 5.20. The van der Waals surface area contributed by atoms with Gasteiger partial charge in [-0.2, -0.15) is 13.2 Å². The fraction of sp³-hybridized carbons (Fsp3) is 0.500. The summed E-state index contributed by atoms with van der Waals surface area (Å²) >= 11 is 0. The van der Waals surface area contributed by atoms with Gasteiger partial charge in [0.15, 0.2) is 0 Å². The van der Waals surface area contributed by atoms with Gasteiger partial charge in [-0.1, -0.05) is 12.1 Å². The Morgan fingerprint density at radius 3 is 2.28 bits per heavy atom. The Morgan fingerprint density at radius 1 is 1.00 bits per heavy atom. The molecule has 210 valence electrons. The number of aliphatic carboxylic acids is 1. The lowest BCUT2D eigenvalue weighted by Crippen LogP contribution is -2.49. The van der Waals surface area contributed by atoms with E-state index >= 15 is 0 Å². The van der Waals surface area contributed by atoms with E-state index in [0.717, 1.165) is 26.9 Å². The molecular weight excluding hydrogens is 518 g/mol. The van der Waals surface area contributed by atoms with Crippen LogP contribution in [0.25, 0.3) is 21.9 Å². The SMILES string of the molecule is CC(C)(F)CC(NC(c1ccc2c(c1)oc1ccc(C(=O)N3CCN(C4CC4)CC3)cc12)C(F)(F)F)C(=O)O. The average molecular weight is 550 g/mol. The van der Waals surface area contributed by atoms with E-state index in [1.54, 1.807) is 18.2 Å². The Morgan fingerprint density at radius 2 is 1.69 bits per heavy atom. The third kappa shape index (κ3) is 6.04. The van der Waals surface area contributed by atoms with Crippen LogP contribution < -0.4 is 5.32 Å². The van der Waals surface area contributed by atoms with Gasteiger partial charge in [-0.25, -0.2) is 4.39 Å². The van der Waals surface area contributed by atoms with Gasteiger partial charge in [0.05, 0.1) is 0 Å². The minimum absolute atomic E-state index is 0.102. The van der Waals surface area contributed by atoms with E-state index in [-0.39, 0.29) is 17.1 Å². The number of hydrogen-bond acceptors (Lipinski definition) is 5. The number of carbonyl (C=O) groups excluding carboxylic acids is 1. The number of furan rings is 1. The second-order valence-corrected chi connectivity index (χ2v) is 11.1. The zero-order chi connectivity index (χ0) is 28.1. The van der Waals surface area contributed by atoms with Crippen LogP contribution in [0.3, 0.4) is 0 Å². The van der Waals surface area contributed by atoms with Crippen LogP contribution in [0.2, 0.25) is 0 Å². The highest BCUT2D eigenvalue weighted by molar-refractivity contribution is 6.08. The molecule has 2 fully saturated rings. The standard InChI is InChI=1S/C28H31F4N3O4/c1-27(2,29)15-21(26(37)38)33-24(28(30,31)32)16-3-7-19-20-13-17(4-8-22(20)39-23(19)14-16)25(36)35-11-9-34(10-12-35)18-5-6-18/h3-4,7-8,13-14,18,21,24,33H,5-6,9-12,15H2,1-2H3,(H,37,38). The summed E-state index contributed by atoms with van der Waals surface area (Å²) in [5.74, 6) is -1.68. The molecule has 2 heterocycles. The number of hydrogen-bond donors (Lipinski definition) is 2. The van der Waals surface area contributed by atoms with Crippen molar-refractivity contribution in [3.05, 3.63) is 47.5 Å². The molecule has 1 aliphatic heterocycles. The van der Waals surface area contributed by atoms with Gasteiger partial charge in [0.2, 0.25) is 0 Å². The Balaban J connectivity index is 1.41. The molecule has 2 aliphatic rings. The molecule has 3 aromatic rings. The number of benzene rings is 2. The van der Waals surface area contributed by atoms with Gasteiger partial charge >= 0.3 is 12.1 Å². The first-order valence-electron chi connectivity index (χ1n) is 13.0. The molecule has 1 saturated heterocycles. The van der Waals surface area contributed by atoms with Gasteiger partial charge in [0.25, 0.3) is 5.91 Å². The molecule has 1 amide bonds. The number of carboxylic acids is 1. The summed E-state index contributed by atoms with van der Waals surface area (Å²) < 4.78 is 62.0. The fourth-order valence-corrected chi connectivity index (χ4v) is 5.30. The zero-order valence-corrected chi connectivity index (χ0v) is 21.7. The van der Waals surface area contributed by atoms with Crippen molar-refractivity contribution in [2.45, 2.75) is 63.1 Å². The van der Waals surface area contributed by atoms with Crippen molar-refractivity contribution in [2.24, 2.45) is 0 Å². The van der Waals surface area contributed by atoms with E-state index in [9.17, 15) is 32.3 Å². The van der Waals surface area contributed by atoms with Crippen molar-refractivity contribution in [3.8, 4) is 0 Å². The maximum atomic E-state index is 14.1. The number of nitrogens with one attached hydrogen (secondary N) is 1. The molecule has 2 unspecified atom stereocenters. The first-order valence-corrected chi connectivity index (χ1v) is 13.0. The molecule has 5 rings (SSSR count). The molecule has 0 bridgehead atoms. The molecule has 39 heavy (non-hydrogen) atoms. The van der Waals surface area contributed by atoms with Gasteiger partial charge in [-0.3, -0.25) is 19.8 Å². The summed E-state index contributed by atoms with van der Waals surface area (Å²) in [6, 6.07) is 5.43. The predicted molar refractivity (Wildman–Crippen MR) is 137 cm³/mol. The van der Waals surface area contributed by atoms with E-state index in [0.29, 0.717) is 41.1 Å². The number of nitrogens with zero attached hydrogens (tertiary/aromatic N) is 2. The number of alkyl halides is 4. The first kappa shape index (κ1) is 27.4. The van der Waals surface area contributed by atoms with Gasteiger partial charge in [-0.15, -0.1) is 0 Å². The number of rotatable bonds is 8. The van der Waals surface area contributed by atoms with Crippen molar-refractivity contribution >= 4 is 33.8 Å². The number of piperazine rings is 1. The van der Waals surface area contributed by atoms with E-state index < -0.39 is 36.3 Å². The van der Waals surface area contributed by atoms with Crippen LogP contribution in [0, 0.1) is 0 Å². The Labute approximate surface area is 222 Å². The minimum atomic E-state index is -4.85. The lowest BCUT2D eigenvalue weighted by atomic mass is 9.97. The quantitative estimate of drug-likeness (QED) is 0.372. The second-order valence-electron chi connectivity index (χ2n) is 11.1. The Hall–Kier alpha value is -3.18. The monoisotopic (exact) mass is 549 g/mol. The zero-order valence-electron chi connectivity index (χ0n) is 21.7. The molecule has 11 heteroatoms. The Bertz CT molecular complexity index is 1390. The average Bonchev–Trinajstić information content (AvgIpc) is 3.65.